The number of aromatic nitrogens is 3. The summed E-state index contributed by atoms with van der Waals surface area (Å²) in [6, 6.07) is 3.22. The molecule has 8 nitrogen and oxygen atoms in total. The molecular formula is C20H19ClN4O4S. The van der Waals surface area contributed by atoms with Crippen LogP contribution in [0.2, 0.25) is 5.15 Å². The molecule has 3 aromatic rings. The average Bonchev–Trinajstić information content (AvgIpc) is 3.13. The molecule has 0 bridgehead atoms. The molecule has 0 fully saturated rings. The van der Waals surface area contributed by atoms with E-state index in [2.05, 4.69) is 15.3 Å². The summed E-state index contributed by atoms with van der Waals surface area (Å²) in [6.07, 6.45) is 7.03. The van der Waals surface area contributed by atoms with E-state index >= 15 is 0 Å². The van der Waals surface area contributed by atoms with E-state index in [0.717, 1.165) is 36.1 Å². The molecular weight excluding hydrogens is 428 g/mol. The number of aryl methyl sites for hydroxylation is 3. The molecule has 0 spiro atoms. The van der Waals surface area contributed by atoms with Crippen LogP contribution >= 0.6 is 22.9 Å². The highest BCUT2D eigenvalue weighted by Crippen LogP contribution is 2.33. The number of pyridine rings is 1. The number of rotatable bonds is 6. The maximum absolute atomic E-state index is 12.9. The first-order chi connectivity index (χ1) is 14.5. The monoisotopic (exact) mass is 446 g/mol. The van der Waals surface area contributed by atoms with Crippen LogP contribution in [0.3, 0.4) is 0 Å². The SMILES string of the molecule is O=C(COC(=O)CCn1cnc2sc3c(c2c1=O)CCCC3)Nc1cccnc1Cl. The van der Waals surface area contributed by atoms with Gasteiger partial charge in [-0.15, -0.1) is 11.3 Å². The Balaban J connectivity index is 1.34. The van der Waals surface area contributed by atoms with Crippen LogP contribution in [0.5, 0.6) is 0 Å². The summed E-state index contributed by atoms with van der Waals surface area (Å²) in [6.45, 7) is -0.310. The standard InChI is InChI=1S/C20H19ClN4O4S/c21-18-13(5-3-8-22-18)24-15(26)10-29-16(27)7-9-25-11-23-19-17(20(25)28)12-4-1-2-6-14(12)30-19/h3,5,8,11H,1-2,4,6-7,9-10H2,(H,24,26). The molecule has 156 valence electrons. The largest absolute Gasteiger partial charge is 0.456 e. The third-order valence-corrected chi connectivity index (χ3v) is 6.40. The van der Waals surface area contributed by atoms with Crippen molar-refractivity contribution in [3.05, 3.63) is 50.6 Å². The number of hydrogen-bond acceptors (Lipinski definition) is 7. The van der Waals surface area contributed by atoms with Crippen molar-refractivity contribution in [2.75, 3.05) is 11.9 Å². The molecule has 0 unspecified atom stereocenters. The van der Waals surface area contributed by atoms with Crippen molar-refractivity contribution in [1.29, 1.82) is 0 Å². The van der Waals surface area contributed by atoms with Crippen molar-refractivity contribution < 1.29 is 14.3 Å². The summed E-state index contributed by atoms with van der Waals surface area (Å²) in [4.78, 5) is 47.1. The van der Waals surface area contributed by atoms with Crippen molar-refractivity contribution in [3.63, 3.8) is 0 Å². The van der Waals surface area contributed by atoms with E-state index < -0.39 is 18.5 Å². The van der Waals surface area contributed by atoms with Gasteiger partial charge in [-0.05, 0) is 43.4 Å². The maximum atomic E-state index is 12.9. The predicted octanol–water partition coefficient (Wildman–Crippen LogP) is 2.96. The maximum Gasteiger partial charge on any atom is 0.308 e. The number of nitrogens with one attached hydrogen (secondary N) is 1. The number of carbonyl (C=O) groups excluding carboxylic acids is 2. The second kappa shape index (κ2) is 8.93. The van der Waals surface area contributed by atoms with Gasteiger partial charge in [-0.25, -0.2) is 9.97 Å². The van der Waals surface area contributed by atoms with Gasteiger partial charge in [0, 0.05) is 17.6 Å². The summed E-state index contributed by atoms with van der Waals surface area (Å²) in [5, 5.41) is 3.35. The molecule has 4 rings (SSSR count). The molecule has 1 N–H and O–H groups in total. The number of thiophene rings is 1. The third kappa shape index (κ3) is 4.36. The molecule has 3 heterocycles. The van der Waals surface area contributed by atoms with Gasteiger partial charge >= 0.3 is 5.97 Å². The Morgan fingerprint density at radius 3 is 2.93 bits per heavy atom. The first-order valence-electron chi connectivity index (χ1n) is 9.58. The number of halogens is 1. The average molecular weight is 447 g/mol. The van der Waals surface area contributed by atoms with Crippen molar-refractivity contribution >= 4 is 50.7 Å². The number of amides is 1. The molecule has 3 aromatic heterocycles. The highest BCUT2D eigenvalue weighted by atomic mass is 35.5. The van der Waals surface area contributed by atoms with Crippen LogP contribution in [0.15, 0.2) is 29.5 Å². The fraction of sp³-hybridized carbons (Fsp3) is 0.350. The van der Waals surface area contributed by atoms with E-state index in [4.69, 9.17) is 16.3 Å². The summed E-state index contributed by atoms with van der Waals surface area (Å²) in [5.41, 5.74) is 1.32. The summed E-state index contributed by atoms with van der Waals surface area (Å²) in [5.74, 6) is -1.11. The van der Waals surface area contributed by atoms with Crippen molar-refractivity contribution in [3.8, 4) is 0 Å². The predicted molar refractivity (Wildman–Crippen MR) is 114 cm³/mol. The van der Waals surface area contributed by atoms with Gasteiger partial charge in [-0.3, -0.25) is 19.0 Å². The van der Waals surface area contributed by atoms with E-state index in [-0.39, 0.29) is 23.7 Å². The van der Waals surface area contributed by atoms with E-state index in [9.17, 15) is 14.4 Å². The molecule has 1 amide bonds. The second-order valence-electron chi connectivity index (χ2n) is 6.93. The van der Waals surface area contributed by atoms with Gasteiger partial charge in [0.1, 0.15) is 4.83 Å². The minimum atomic E-state index is -0.582. The van der Waals surface area contributed by atoms with Crippen LogP contribution in [0, 0.1) is 0 Å². The number of hydrogen-bond donors (Lipinski definition) is 1. The van der Waals surface area contributed by atoms with Crippen LogP contribution in [-0.2, 0) is 33.7 Å². The highest BCUT2D eigenvalue weighted by molar-refractivity contribution is 7.18. The van der Waals surface area contributed by atoms with Crippen LogP contribution in [-0.4, -0.2) is 33.0 Å². The zero-order valence-electron chi connectivity index (χ0n) is 16.0. The lowest BCUT2D eigenvalue weighted by atomic mass is 9.97. The van der Waals surface area contributed by atoms with Crippen molar-refractivity contribution in [2.45, 2.75) is 38.6 Å². The molecule has 0 saturated heterocycles. The Bertz CT molecular complexity index is 1170. The molecule has 1 aliphatic carbocycles. The molecule has 30 heavy (non-hydrogen) atoms. The molecule has 0 aliphatic heterocycles. The lowest BCUT2D eigenvalue weighted by Gasteiger charge is -2.10. The zero-order chi connectivity index (χ0) is 21.1. The van der Waals surface area contributed by atoms with Crippen LogP contribution < -0.4 is 10.9 Å². The molecule has 0 saturated carbocycles. The van der Waals surface area contributed by atoms with Gasteiger partial charge in [0.2, 0.25) is 0 Å². The summed E-state index contributed by atoms with van der Waals surface area (Å²) < 4.78 is 6.42. The lowest BCUT2D eigenvalue weighted by Crippen LogP contribution is -2.24. The van der Waals surface area contributed by atoms with E-state index in [1.165, 1.54) is 22.0 Å². The Morgan fingerprint density at radius 2 is 2.10 bits per heavy atom. The molecule has 0 radical (unpaired) electrons. The Morgan fingerprint density at radius 1 is 1.27 bits per heavy atom. The number of carbonyl (C=O) groups is 2. The van der Waals surface area contributed by atoms with Crippen LogP contribution in [0.25, 0.3) is 10.2 Å². The Kier molecular flexibility index (Phi) is 6.10. The molecule has 1 aliphatic rings. The van der Waals surface area contributed by atoms with Gasteiger partial charge in [0.05, 0.1) is 23.8 Å². The summed E-state index contributed by atoms with van der Waals surface area (Å²) >= 11 is 7.46. The van der Waals surface area contributed by atoms with Gasteiger partial charge < -0.3 is 10.1 Å². The molecule has 0 atom stereocenters. The normalized spacial score (nSPS) is 13.1. The summed E-state index contributed by atoms with van der Waals surface area (Å²) in [7, 11) is 0. The highest BCUT2D eigenvalue weighted by Gasteiger charge is 2.20. The number of ether oxygens (including phenoxy) is 1. The fourth-order valence-electron chi connectivity index (χ4n) is 3.44. The Hall–Kier alpha value is -2.78. The van der Waals surface area contributed by atoms with Crippen LogP contribution in [0.1, 0.15) is 29.7 Å². The van der Waals surface area contributed by atoms with E-state index in [1.807, 2.05) is 0 Å². The topological polar surface area (TPSA) is 103 Å². The second-order valence-corrected chi connectivity index (χ2v) is 8.38. The number of esters is 1. The zero-order valence-corrected chi connectivity index (χ0v) is 17.6. The minimum absolute atomic E-state index is 0.0413. The van der Waals surface area contributed by atoms with Crippen molar-refractivity contribution in [1.82, 2.24) is 14.5 Å². The minimum Gasteiger partial charge on any atom is -0.456 e. The first-order valence-corrected chi connectivity index (χ1v) is 10.8. The van der Waals surface area contributed by atoms with Gasteiger partial charge in [-0.2, -0.15) is 0 Å². The van der Waals surface area contributed by atoms with E-state index in [1.54, 1.807) is 23.5 Å². The number of anilines is 1. The van der Waals surface area contributed by atoms with E-state index in [0.29, 0.717) is 11.1 Å². The van der Waals surface area contributed by atoms with Gasteiger partial charge in [0.15, 0.2) is 11.8 Å². The Labute approximate surface area is 180 Å². The van der Waals surface area contributed by atoms with Crippen LogP contribution in [0.4, 0.5) is 5.69 Å². The smallest absolute Gasteiger partial charge is 0.308 e. The first kappa shape index (κ1) is 20.5. The van der Waals surface area contributed by atoms with Gasteiger partial charge in [0.25, 0.3) is 11.5 Å². The number of fused-ring (bicyclic) bond motifs is 3. The quantitative estimate of drug-likeness (QED) is 0.461. The lowest BCUT2D eigenvalue weighted by molar-refractivity contribution is -0.147. The number of nitrogens with zero attached hydrogens (tertiary/aromatic N) is 3. The fourth-order valence-corrected chi connectivity index (χ4v) is 4.82. The molecule has 0 aromatic carbocycles. The third-order valence-electron chi connectivity index (χ3n) is 4.90. The van der Waals surface area contributed by atoms with Crippen molar-refractivity contribution in [2.24, 2.45) is 0 Å². The van der Waals surface area contributed by atoms with Gasteiger partial charge in [-0.1, -0.05) is 11.6 Å². The molecule has 10 heteroatoms.